The summed E-state index contributed by atoms with van der Waals surface area (Å²) in [6, 6.07) is 4.27. The summed E-state index contributed by atoms with van der Waals surface area (Å²) in [4.78, 5) is 14.1. The molecule has 1 aliphatic heterocycles. The molecule has 19 heavy (non-hydrogen) atoms. The maximum absolute atomic E-state index is 11.8. The summed E-state index contributed by atoms with van der Waals surface area (Å²) in [5, 5.41) is 5.96. The van der Waals surface area contributed by atoms with Crippen LogP contribution in [0.1, 0.15) is 31.9 Å². The first kappa shape index (κ1) is 14.3. The molecule has 0 spiro atoms. The second-order valence-electron chi connectivity index (χ2n) is 4.97. The van der Waals surface area contributed by atoms with E-state index in [-0.39, 0.29) is 11.9 Å². The molecule has 1 heterocycles. The Morgan fingerprint density at radius 3 is 2.79 bits per heavy atom. The summed E-state index contributed by atoms with van der Waals surface area (Å²) in [5.74, 6) is 0.00717. The van der Waals surface area contributed by atoms with Gasteiger partial charge in [-0.3, -0.25) is 4.79 Å². The summed E-state index contributed by atoms with van der Waals surface area (Å²) in [5.41, 5.74) is 3.00. The first-order valence-electron chi connectivity index (χ1n) is 6.54. The van der Waals surface area contributed by atoms with Crippen molar-refractivity contribution in [2.24, 2.45) is 0 Å². The predicted molar refractivity (Wildman–Crippen MR) is 82.7 cm³/mol. The minimum absolute atomic E-state index is 0.00717. The SMILES string of the molecule is CCC(C)N(C)c1cc2c(cc1Br)C(NC)C(=O)N2. The third kappa shape index (κ3) is 2.49. The number of amides is 1. The maximum atomic E-state index is 11.8. The van der Waals surface area contributed by atoms with Gasteiger partial charge in [-0.05, 0) is 48.5 Å². The van der Waals surface area contributed by atoms with E-state index in [2.05, 4.69) is 52.4 Å². The molecular formula is C14H20BrN3O. The molecule has 0 bridgehead atoms. The maximum Gasteiger partial charge on any atom is 0.246 e. The molecule has 0 saturated heterocycles. The fourth-order valence-corrected chi connectivity index (χ4v) is 2.98. The Hall–Kier alpha value is -1.07. The molecule has 5 heteroatoms. The molecule has 1 aromatic rings. The summed E-state index contributed by atoms with van der Waals surface area (Å²) >= 11 is 3.62. The Balaban J connectivity index is 2.41. The van der Waals surface area contributed by atoms with E-state index in [1.54, 1.807) is 7.05 Å². The van der Waals surface area contributed by atoms with Gasteiger partial charge in [0.15, 0.2) is 0 Å². The van der Waals surface area contributed by atoms with E-state index < -0.39 is 0 Å². The number of anilines is 2. The van der Waals surface area contributed by atoms with Crippen molar-refractivity contribution in [1.29, 1.82) is 0 Å². The summed E-state index contributed by atoms with van der Waals surface area (Å²) in [6.45, 7) is 4.36. The number of hydrogen-bond acceptors (Lipinski definition) is 3. The van der Waals surface area contributed by atoms with Crippen LogP contribution in [0.4, 0.5) is 11.4 Å². The quantitative estimate of drug-likeness (QED) is 0.894. The number of carbonyl (C=O) groups excluding carboxylic acids is 1. The average molecular weight is 326 g/mol. The van der Waals surface area contributed by atoms with Crippen LogP contribution in [0.25, 0.3) is 0 Å². The van der Waals surface area contributed by atoms with Gasteiger partial charge < -0.3 is 15.5 Å². The Labute approximate surface area is 122 Å². The van der Waals surface area contributed by atoms with Gasteiger partial charge in [0.05, 0.1) is 5.69 Å². The molecule has 2 atom stereocenters. The Morgan fingerprint density at radius 2 is 2.21 bits per heavy atom. The normalized spacial score (nSPS) is 19.0. The summed E-state index contributed by atoms with van der Waals surface area (Å²) < 4.78 is 1.02. The lowest BCUT2D eigenvalue weighted by atomic mass is 10.1. The first-order chi connectivity index (χ1) is 8.99. The van der Waals surface area contributed by atoms with E-state index in [1.165, 1.54) is 0 Å². The Morgan fingerprint density at radius 1 is 1.53 bits per heavy atom. The van der Waals surface area contributed by atoms with E-state index in [0.29, 0.717) is 6.04 Å². The van der Waals surface area contributed by atoms with Crippen molar-refractivity contribution in [1.82, 2.24) is 5.32 Å². The van der Waals surface area contributed by atoms with Gasteiger partial charge in [0, 0.05) is 28.8 Å². The van der Waals surface area contributed by atoms with Crippen molar-refractivity contribution in [2.45, 2.75) is 32.4 Å². The predicted octanol–water partition coefficient (Wildman–Crippen LogP) is 2.90. The van der Waals surface area contributed by atoms with E-state index in [4.69, 9.17) is 0 Å². The number of fused-ring (bicyclic) bond motifs is 1. The van der Waals surface area contributed by atoms with Crippen molar-refractivity contribution in [2.75, 3.05) is 24.3 Å². The molecule has 104 valence electrons. The van der Waals surface area contributed by atoms with Gasteiger partial charge in [-0.1, -0.05) is 6.92 Å². The van der Waals surface area contributed by atoms with Crippen LogP contribution in [0, 0.1) is 0 Å². The van der Waals surface area contributed by atoms with Crippen molar-refractivity contribution in [3.8, 4) is 0 Å². The monoisotopic (exact) mass is 325 g/mol. The molecular weight excluding hydrogens is 306 g/mol. The van der Waals surface area contributed by atoms with Gasteiger partial charge in [-0.2, -0.15) is 0 Å². The topological polar surface area (TPSA) is 44.4 Å². The largest absolute Gasteiger partial charge is 0.371 e. The van der Waals surface area contributed by atoms with Crippen molar-refractivity contribution < 1.29 is 4.79 Å². The summed E-state index contributed by atoms with van der Waals surface area (Å²) in [7, 11) is 3.87. The van der Waals surface area contributed by atoms with Crippen LogP contribution >= 0.6 is 15.9 Å². The van der Waals surface area contributed by atoms with Crippen LogP contribution in [0.15, 0.2) is 16.6 Å². The highest BCUT2D eigenvalue weighted by molar-refractivity contribution is 9.10. The van der Waals surface area contributed by atoms with Gasteiger partial charge >= 0.3 is 0 Å². The van der Waals surface area contributed by atoms with Crippen LogP contribution in [-0.4, -0.2) is 26.0 Å². The van der Waals surface area contributed by atoms with Gasteiger partial charge in [-0.15, -0.1) is 0 Å². The molecule has 2 unspecified atom stereocenters. The van der Waals surface area contributed by atoms with Gasteiger partial charge in [0.2, 0.25) is 5.91 Å². The number of rotatable bonds is 4. The molecule has 1 aromatic carbocycles. The third-order valence-electron chi connectivity index (χ3n) is 3.87. The lowest BCUT2D eigenvalue weighted by molar-refractivity contribution is -0.117. The fraction of sp³-hybridized carbons (Fsp3) is 0.500. The molecule has 2 rings (SSSR count). The molecule has 0 fully saturated rings. The minimum Gasteiger partial charge on any atom is -0.371 e. The first-order valence-corrected chi connectivity index (χ1v) is 7.33. The second kappa shape index (κ2) is 5.51. The van der Waals surface area contributed by atoms with Crippen LogP contribution in [0.2, 0.25) is 0 Å². The van der Waals surface area contributed by atoms with Crippen LogP contribution in [0.3, 0.4) is 0 Å². The Kier molecular flexibility index (Phi) is 4.16. The van der Waals surface area contributed by atoms with Crippen LogP contribution in [-0.2, 0) is 4.79 Å². The number of hydrogen-bond donors (Lipinski definition) is 2. The zero-order valence-corrected chi connectivity index (χ0v) is 13.3. The zero-order valence-electron chi connectivity index (χ0n) is 11.7. The molecule has 4 nitrogen and oxygen atoms in total. The van der Waals surface area contributed by atoms with E-state index in [1.807, 2.05) is 12.1 Å². The van der Waals surface area contributed by atoms with Gasteiger partial charge in [0.25, 0.3) is 0 Å². The van der Waals surface area contributed by atoms with Gasteiger partial charge in [0.1, 0.15) is 6.04 Å². The average Bonchev–Trinajstić information content (AvgIpc) is 2.70. The van der Waals surface area contributed by atoms with Gasteiger partial charge in [-0.25, -0.2) is 0 Å². The number of carbonyl (C=O) groups is 1. The molecule has 0 saturated carbocycles. The molecule has 0 aromatic heterocycles. The van der Waals surface area contributed by atoms with E-state index in [0.717, 1.165) is 27.8 Å². The highest BCUT2D eigenvalue weighted by Crippen LogP contribution is 2.39. The number of nitrogens with one attached hydrogen (secondary N) is 2. The summed E-state index contributed by atoms with van der Waals surface area (Å²) in [6.07, 6.45) is 1.07. The lowest BCUT2D eigenvalue weighted by Gasteiger charge is -2.27. The number of nitrogens with zero attached hydrogens (tertiary/aromatic N) is 1. The van der Waals surface area contributed by atoms with Crippen molar-refractivity contribution >= 4 is 33.2 Å². The minimum atomic E-state index is -0.255. The molecule has 1 amide bonds. The highest BCUT2D eigenvalue weighted by Gasteiger charge is 2.30. The number of halogens is 1. The zero-order chi connectivity index (χ0) is 14.2. The number of likely N-dealkylation sites (N-methyl/N-ethyl adjacent to an activating group) is 1. The van der Waals surface area contributed by atoms with Crippen molar-refractivity contribution in [3.05, 3.63) is 22.2 Å². The van der Waals surface area contributed by atoms with Crippen LogP contribution < -0.4 is 15.5 Å². The Bertz CT molecular complexity index is 504. The van der Waals surface area contributed by atoms with E-state index >= 15 is 0 Å². The standard InChI is InChI=1S/C14H20BrN3O/c1-5-8(2)18(4)12-7-11-9(6-10(12)15)13(16-3)14(19)17-11/h6-8,13,16H,5H2,1-4H3,(H,17,19). The van der Waals surface area contributed by atoms with E-state index in [9.17, 15) is 4.79 Å². The molecule has 2 N–H and O–H groups in total. The van der Waals surface area contributed by atoms with Crippen LogP contribution in [0.5, 0.6) is 0 Å². The second-order valence-corrected chi connectivity index (χ2v) is 5.82. The lowest BCUT2D eigenvalue weighted by Crippen LogP contribution is -2.28. The highest BCUT2D eigenvalue weighted by atomic mass is 79.9. The van der Waals surface area contributed by atoms with Crippen molar-refractivity contribution in [3.63, 3.8) is 0 Å². The molecule has 0 radical (unpaired) electrons. The smallest absolute Gasteiger partial charge is 0.246 e. The fourth-order valence-electron chi connectivity index (χ4n) is 2.34. The molecule has 1 aliphatic rings. The third-order valence-corrected chi connectivity index (χ3v) is 4.51. The molecule has 0 aliphatic carbocycles. The number of benzene rings is 1.